The number of nitrogens with one attached hydrogen (secondary N) is 1. The Morgan fingerprint density at radius 3 is 2.49 bits per heavy atom. The number of aromatic nitrogens is 4. The van der Waals surface area contributed by atoms with Crippen molar-refractivity contribution in [3.8, 4) is 5.75 Å². The van der Waals surface area contributed by atoms with Gasteiger partial charge in [-0.05, 0) is 42.3 Å². The number of anilines is 2. The highest BCUT2D eigenvalue weighted by molar-refractivity contribution is 6.30. The lowest BCUT2D eigenvalue weighted by Gasteiger charge is -2.21. The smallest absolute Gasteiger partial charge is 0.227 e. The van der Waals surface area contributed by atoms with Gasteiger partial charge in [-0.3, -0.25) is 4.57 Å². The molecule has 1 saturated heterocycles. The van der Waals surface area contributed by atoms with Crippen LogP contribution in [-0.4, -0.2) is 70.9 Å². The highest BCUT2D eigenvalue weighted by Crippen LogP contribution is 2.32. The largest absolute Gasteiger partial charge is 0.489 e. The molecule has 0 saturated carbocycles. The second-order valence-electron chi connectivity index (χ2n) is 9.35. The fourth-order valence-corrected chi connectivity index (χ4v) is 4.50. The Morgan fingerprint density at radius 1 is 1.10 bits per heavy atom. The predicted octanol–water partition coefficient (Wildman–Crippen LogP) is 1.79. The van der Waals surface area contributed by atoms with Gasteiger partial charge in [-0.15, -0.1) is 0 Å². The Kier molecular flexibility index (Phi) is 7.84. The lowest BCUT2D eigenvalue weighted by molar-refractivity contribution is -0.0511. The van der Waals surface area contributed by atoms with Crippen LogP contribution < -0.4 is 15.8 Å². The zero-order valence-electron chi connectivity index (χ0n) is 20.9. The zero-order chi connectivity index (χ0) is 27.7. The van der Waals surface area contributed by atoms with Crippen LogP contribution in [0.3, 0.4) is 0 Å². The van der Waals surface area contributed by atoms with E-state index in [0.29, 0.717) is 22.9 Å². The summed E-state index contributed by atoms with van der Waals surface area (Å²) in [6.07, 6.45) is -4.13. The molecule has 1 fully saturated rings. The SMILES string of the molecule is CC(Nc1nc(N)c2ncn([C@@H]3O[C@H](CO)[C@@H](O)[C@H]3O)c2n1)C(O)c1ccc(OCc2ccc(Cl)cc2)cc1. The van der Waals surface area contributed by atoms with Crippen molar-refractivity contribution in [3.63, 3.8) is 0 Å². The molecular formula is C26H29ClN6O6. The number of benzene rings is 2. The number of ether oxygens (including phenoxy) is 2. The first-order chi connectivity index (χ1) is 18.7. The van der Waals surface area contributed by atoms with E-state index in [9.17, 15) is 20.4 Å². The van der Waals surface area contributed by atoms with Crippen molar-refractivity contribution in [3.05, 3.63) is 71.0 Å². The molecule has 1 aliphatic heterocycles. The second kappa shape index (κ2) is 11.3. The summed E-state index contributed by atoms with van der Waals surface area (Å²) in [4.78, 5) is 12.9. The van der Waals surface area contributed by atoms with E-state index < -0.39 is 43.3 Å². The molecule has 206 valence electrons. The first kappa shape index (κ1) is 27.1. The molecule has 4 aromatic rings. The summed E-state index contributed by atoms with van der Waals surface area (Å²) >= 11 is 5.92. The van der Waals surface area contributed by atoms with Gasteiger partial charge in [-0.1, -0.05) is 35.9 Å². The maximum absolute atomic E-state index is 10.9. The number of fused-ring (bicyclic) bond motifs is 1. The maximum atomic E-state index is 10.9. The summed E-state index contributed by atoms with van der Waals surface area (Å²) in [5, 5.41) is 44.6. The van der Waals surface area contributed by atoms with Crippen LogP contribution in [0.25, 0.3) is 11.2 Å². The van der Waals surface area contributed by atoms with Gasteiger partial charge in [-0.25, -0.2) is 4.98 Å². The Morgan fingerprint density at radius 2 is 1.82 bits per heavy atom. The zero-order valence-corrected chi connectivity index (χ0v) is 21.7. The molecule has 2 aromatic heterocycles. The van der Waals surface area contributed by atoms with E-state index in [1.165, 1.54) is 10.9 Å². The third-order valence-corrected chi connectivity index (χ3v) is 6.86. The highest BCUT2D eigenvalue weighted by Gasteiger charge is 2.44. The molecule has 2 unspecified atom stereocenters. The summed E-state index contributed by atoms with van der Waals surface area (Å²) in [6, 6.07) is 14.0. The molecule has 5 rings (SSSR count). The minimum absolute atomic E-state index is 0.0804. The third-order valence-electron chi connectivity index (χ3n) is 6.61. The summed E-state index contributed by atoms with van der Waals surface area (Å²) in [5.74, 6) is 0.862. The summed E-state index contributed by atoms with van der Waals surface area (Å²) in [5.41, 5.74) is 8.27. The number of nitrogens with two attached hydrogens (primary N) is 1. The Labute approximate surface area is 228 Å². The van der Waals surface area contributed by atoms with E-state index in [0.717, 1.165) is 5.56 Å². The van der Waals surface area contributed by atoms with Crippen LogP contribution in [0, 0.1) is 0 Å². The van der Waals surface area contributed by atoms with Gasteiger partial charge in [0.1, 0.15) is 36.2 Å². The molecule has 0 amide bonds. The number of hydrogen-bond donors (Lipinski definition) is 6. The van der Waals surface area contributed by atoms with Crippen LogP contribution in [0.5, 0.6) is 5.75 Å². The molecule has 0 aliphatic carbocycles. The van der Waals surface area contributed by atoms with Gasteiger partial charge in [0.15, 0.2) is 17.7 Å². The Balaban J connectivity index is 1.27. The first-order valence-corrected chi connectivity index (χ1v) is 12.7. The molecule has 1 aliphatic rings. The average Bonchev–Trinajstić information content (AvgIpc) is 3.48. The van der Waals surface area contributed by atoms with Gasteiger partial charge in [0.05, 0.1) is 25.1 Å². The number of nitrogens with zero attached hydrogens (tertiary/aromatic N) is 4. The fourth-order valence-electron chi connectivity index (χ4n) is 4.38. The normalized spacial score (nSPS) is 22.6. The van der Waals surface area contributed by atoms with Gasteiger partial charge >= 0.3 is 0 Å². The quantitative estimate of drug-likeness (QED) is 0.177. The summed E-state index contributed by atoms with van der Waals surface area (Å²) in [7, 11) is 0. The number of hydrogen-bond acceptors (Lipinski definition) is 11. The fraction of sp³-hybridized carbons (Fsp3) is 0.346. The van der Waals surface area contributed by atoms with Crippen molar-refractivity contribution < 1.29 is 29.9 Å². The van der Waals surface area contributed by atoms with Gasteiger partial charge in [0, 0.05) is 5.02 Å². The van der Waals surface area contributed by atoms with Crippen molar-refractivity contribution in [1.29, 1.82) is 0 Å². The van der Waals surface area contributed by atoms with Crippen LogP contribution in [0.15, 0.2) is 54.9 Å². The van der Waals surface area contributed by atoms with Crippen LogP contribution in [0.4, 0.5) is 11.8 Å². The van der Waals surface area contributed by atoms with Crippen molar-refractivity contribution >= 4 is 34.5 Å². The Hall–Kier alpha value is -3.52. The van der Waals surface area contributed by atoms with Gasteiger partial charge in [-0.2, -0.15) is 9.97 Å². The topological polar surface area (TPSA) is 181 Å². The van der Waals surface area contributed by atoms with Crippen molar-refractivity contribution in [2.45, 2.75) is 50.2 Å². The van der Waals surface area contributed by atoms with E-state index in [4.69, 9.17) is 26.8 Å². The van der Waals surface area contributed by atoms with Gasteiger partial charge < -0.3 is 41.0 Å². The molecule has 39 heavy (non-hydrogen) atoms. The molecule has 0 bridgehead atoms. The number of aliphatic hydroxyl groups is 4. The molecule has 0 radical (unpaired) electrons. The van der Waals surface area contributed by atoms with Crippen LogP contribution in [0.1, 0.15) is 30.4 Å². The molecule has 12 nitrogen and oxygen atoms in total. The summed E-state index contributed by atoms with van der Waals surface area (Å²) in [6.45, 7) is 1.69. The molecule has 6 atom stereocenters. The maximum Gasteiger partial charge on any atom is 0.227 e. The molecule has 0 spiro atoms. The minimum Gasteiger partial charge on any atom is -0.489 e. The lowest BCUT2D eigenvalue weighted by atomic mass is 10.0. The number of aliphatic hydroxyl groups excluding tert-OH is 4. The molecule has 7 N–H and O–H groups in total. The van der Waals surface area contributed by atoms with E-state index in [2.05, 4.69) is 20.3 Å². The molecule has 13 heteroatoms. The number of rotatable bonds is 9. The molecule has 3 heterocycles. The van der Waals surface area contributed by atoms with Crippen LogP contribution in [0.2, 0.25) is 5.02 Å². The van der Waals surface area contributed by atoms with Crippen molar-refractivity contribution in [1.82, 2.24) is 19.5 Å². The number of imidazole rings is 1. The lowest BCUT2D eigenvalue weighted by Crippen LogP contribution is -2.33. The standard InChI is InChI=1S/C26H29ClN6O6/c1-13(20(35)15-4-8-17(9-5-15)38-11-14-2-6-16(27)7-3-14)30-26-31-23(28)19-24(32-26)33(12-29-19)25-22(37)21(36)18(10-34)39-25/h2-9,12-13,18,20-22,25,34-37H,10-11H2,1H3,(H3,28,30,31,32)/t13?,18-,20?,21-,22-,25-/m1/s1. The predicted molar refractivity (Wildman–Crippen MR) is 143 cm³/mol. The van der Waals surface area contributed by atoms with Crippen molar-refractivity contribution in [2.24, 2.45) is 0 Å². The second-order valence-corrected chi connectivity index (χ2v) is 9.78. The number of nitrogen functional groups attached to an aromatic ring is 1. The first-order valence-electron chi connectivity index (χ1n) is 12.3. The van der Waals surface area contributed by atoms with Crippen molar-refractivity contribution in [2.75, 3.05) is 17.7 Å². The van der Waals surface area contributed by atoms with Crippen LogP contribution >= 0.6 is 11.6 Å². The van der Waals surface area contributed by atoms with E-state index in [1.54, 1.807) is 43.3 Å². The monoisotopic (exact) mass is 556 g/mol. The Bertz CT molecular complexity index is 1420. The highest BCUT2D eigenvalue weighted by atomic mass is 35.5. The van der Waals surface area contributed by atoms with E-state index >= 15 is 0 Å². The average molecular weight is 557 g/mol. The number of halogens is 1. The van der Waals surface area contributed by atoms with E-state index in [1.807, 2.05) is 12.1 Å². The van der Waals surface area contributed by atoms with Gasteiger partial charge in [0.25, 0.3) is 0 Å². The molecular weight excluding hydrogens is 528 g/mol. The molecule has 2 aromatic carbocycles. The van der Waals surface area contributed by atoms with Crippen LogP contribution in [-0.2, 0) is 11.3 Å². The van der Waals surface area contributed by atoms with Gasteiger partial charge in [0.2, 0.25) is 5.95 Å². The summed E-state index contributed by atoms with van der Waals surface area (Å²) < 4.78 is 12.8. The minimum atomic E-state index is -1.31. The third kappa shape index (κ3) is 5.62. The van der Waals surface area contributed by atoms with E-state index in [-0.39, 0.29) is 22.9 Å².